The summed E-state index contributed by atoms with van der Waals surface area (Å²) in [4.78, 5) is 11.9. The second-order valence-corrected chi connectivity index (χ2v) is 5.47. The first-order valence-corrected chi connectivity index (χ1v) is 7.65. The molecule has 0 aliphatic rings. The minimum Gasteiger partial charge on any atom is -0.493 e. The Morgan fingerprint density at radius 3 is 2.52 bits per heavy atom. The molecule has 0 atom stereocenters. The monoisotopic (exact) mass is 391 g/mol. The number of hydrogen-bond donors (Lipinski definition) is 1. The van der Waals surface area contributed by atoms with Crippen LogP contribution in [0.15, 0.2) is 36.4 Å². The van der Waals surface area contributed by atoms with Crippen molar-refractivity contribution in [2.45, 2.75) is 6.61 Å². The van der Waals surface area contributed by atoms with Gasteiger partial charge in [-0.3, -0.25) is 4.79 Å². The maximum Gasteiger partial charge on any atom is 0.387 e. The van der Waals surface area contributed by atoms with Crippen LogP contribution in [0.5, 0.6) is 17.2 Å². The molecule has 1 N–H and O–H groups in total. The first-order chi connectivity index (χ1) is 11.9. The highest BCUT2D eigenvalue weighted by atomic mass is 35.5. The lowest BCUT2D eigenvalue weighted by atomic mass is 10.2. The minimum absolute atomic E-state index is 0.116. The summed E-state index contributed by atoms with van der Waals surface area (Å²) in [6.45, 7) is -3.33. The van der Waals surface area contributed by atoms with E-state index >= 15 is 0 Å². The number of methoxy groups -OCH3 is 1. The average Bonchev–Trinajstić information content (AvgIpc) is 2.56. The Morgan fingerprint density at radius 1 is 1.12 bits per heavy atom. The Hall–Kier alpha value is -2.25. The second-order valence-electron chi connectivity index (χ2n) is 4.66. The average molecular weight is 392 g/mol. The molecule has 9 heteroatoms. The molecule has 25 heavy (non-hydrogen) atoms. The van der Waals surface area contributed by atoms with Crippen molar-refractivity contribution in [3.05, 3.63) is 46.4 Å². The van der Waals surface area contributed by atoms with Crippen molar-refractivity contribution in [1.29, 1.82) is 0 Å². The molecule has 1 amide bonds. The van der Waals surface area contributed by atoms with Crippen LogP contribution in [0.4, 0.5) is 14.5 Å². The van der Waals surface area contributed by atoms with Crippen LogP contribution in [-0.2, 0) is 4.79 Å². The van der Waals surface area contributed by atoms with Gasteiger partial charge in [-0.15, -0.1) is 0 Å². The third-order valence-corrected chi connectivity index (χ3v) is 3.66. The number of hydrogen-bond acceptors (Lipinski definition) is 4. The van der Waals surface area contributed by atoms with Crippen molar-refractivity contribution in [3.63, 3.8) is 0 Å². The van der Waals surface area contributed by atoms with Crippen molar-refractivity contribution in [3.8, 4) is 17.2 Å². The number of carbonyl (C=O) groups is 1. The number of amides is 1. The van der Waals surface area contributed by atoms with E-state index < -0.39 is 12.5 Å². The van der Waals surface area contributed by atoms with Gasteiger partial charge in [0.25, 0.3) is 5.91 Å². The van der Waals surface area contributed by atoms with E-state index in [0.29, 0.717) is 15.8 Å². The smallest absolute Gasteiger partial charge is 0.387 e. The van der Waals surface area contributed by atoms with E-state index in [1.165, 1.54) is 37.4 Å². The lowest BCUT2D eigenvalue weighted by Gasteiger charge is -2.12. The van der Waals surface area contributed by atoms with Gasteiger partial charge in [-0.2, -0.15) is 8.78 Å². The molecule has 2 aromatic carbocycles. The molecule has 0 bridgehead atoms. The Labute approximate surface area is 152 Å². The summed E-state index contributed by atoms with van der Waals surface area (Å²) in [6, 6.07) is 8.67. The van der Waals surface area contributed by atoms with Gasteiger partial charge in [0.2, 0.25) is 0 Å². The quantitative estimate of drug-likeness (QED) is 0.747. The number of nitrogens with one attached hydrogen (secondary N) is 1. The molecule has 0 unspecified atom stereocenters. The highest BCUT2D eigenvalue weighted by Crippen LogP contribution is 2.31. The number of benzene rings is 2. The highest BCUT2D eigenvalue weighted by molar-refractivity contribution is 6.42. The predicted molar refractivity (Wildman–Crippen MR) is 90.2 cm³/mol. The van der Waals surface area contributed by atoms with E-state index in [1.54, 1.807) is 6.07 Å². The summed E-state index contributed by atoms with van der Waals surface area (Å²) in [6.07, 6.45) is 0. The standard InChI is InChI=1S/C16H13Cl2F2NO4/c1-23-13-5-2-9(6-14(13)25-16(19)20)21-15(22)8-24-10-3-4-11(17)12(18)7-10/h2-7,16H,8H2,1H3,(H,21,22). The molecular weight excluding hydrogens is 379 g/mol. The van der Waals surface area contributed by atoms with Gasteiger partial charge in [0, 0.05) is 17.8 Å². The number of anilines is 1. The molecule has 2 rings (SSSR count). The number of ether oxygens (including phenoxy) is 3. The second kappa shape index (κ2) is 8.73. The largest absolute Gasteiger partial charge is 0.493 e. The number of alkyl halides is 2. The van der Waals surface area contributed by atoms with Crippen LogP contribution in [0.25, 0.3) is 0 Å². The number of rotatable bonds is 7. The van der Waals surface area contributed by atoms with Crippen LogP contribution in [-0.4, -0.2) is 26.2 Å². The van der Waals surface area contributed by atoms with Gasteiger partial charge in [-0.25, -0.2) is 0 Å². The van der Waals surface area contributed by atoms with Crippen molar-refractivity contribution >= 4 is 34.8 Å². The molecule has 0 radical (unpaired) electrons. The molecule has 0 saturated heterocycles. The fraction of sp³-hybridized carbons (Fsp3) is 0.188. The molecule has 5 nitrogen and oxygen atoms in total. The van der Waals surface area contributed by atoms with Gasteiger partial charge in [0.05, 0.1) is 17.2 Å². The van der Waals surface area contributed by atoms with Crippen molar-refractivity contribution in [2.75, 3.05) is 19.0 Å². The zero-order chi connectivity index (χ0) is 18.4. The molecule has 0 spiro atoms. The maximum absolute atomic E-state index is 12.4. The summed E-state index contributed by atoms with van der Waals surface area (Å²) >= 11 is 11.6. The molecule has 0 saturated carbocycles. The maximum atomic E-state index is 12.4. The number of carbonyl (C=O) groups excluding carboxylic acids is 1. The topological polar surface area (TPSA) is 56.8 Å². The fourth-order valence-electron chi connectivity index (χ4n) is 1.86. The Bertz CT molecular complexity index is 759. The normalized spacial score (nSPS) is 10.5. The molecule has 0 heterocycles. The van der Waals surface area contributed by atoms with Crippen LogP contribution in [0.3, 0.4) is 0 Å². The van der Waals surface area contributed by atoms with Gasteiger partial charge in [-0.1, -0.05) is 23.2 Å². The molecule has 2 aromatic rings. The Kier molecular flexibility index (Phi) is 6.66. The SMILES string of the molecule is COc1ccc(NC(=O)COc2ccc(Cl)c(Cl)c2)cc1OC(F)F. The van der Waals surface area contributed by atoms with E-state index in [2.05, 4.69) is 10.1 Å². The van der Waals surface area contributed by atoms with E-state index in [-0.39, 0.29) is 23.8 Å². The third-order valence-electron chi connectivity index (χ3n) is 2.92. The summed E-state index contributed by atoms with van der Waals surface area (Å²) in [5, 5.41) is 3.16. The molecule has 0 aliphatic carbocycles. The van der Waals surface area contributed by atoms with Crippen molar-refractivity contribution in [1.82, 2.24) is 0 Å². The summed E-state index contributed by atoms with van der Waals surface area (Å²) in [5.74, 6) is -0.216. The molecular formula is C16H13Cl2F2NO4. The number of halogens is 4. The summed E-state index contributed by atoms with van der Waals surface area (Å²) < 4.78 is 39.3. The van der Waals surface area contributed by atoms with Crippen molar-refractivity contribution < 1.29 is 27.8 Å². The predicted octanol–water partition coefficient (Wildman–Crippen LogP) is 4.62. The third kappa shape index (κ3) is 5.65. The van der Waals surface area contributed by atoms with Gasteiger partial charge >= 0.3 is 6.61 Å². The van der Waals surface area contributed by atoms with Crippen LogP contribution < -0.4 is 19.5 Å². The van der Waals surface area contributed by atoms with E-state index in [9.17, 15) is 13.6 Å². The van der Waals surface area contributed by atoms with E-state index in [0.717, 1.165) is 0 Å². The van der Waals surface area contributed by atoms with Gasteiger partial charge in [-0.05, 0) is 24.3 Å². The van der Waals surface area contributed by atoms with Gasteiger partial charge < -0.3 is 19.5 Å². The minimum atomic E-state index is -3.02. The molecule has 0 aliphatic heterocycles. The lowest BCUT2D eigenvalue weighted by molar-refractivity contribution is -0.118. The molecule has 134 valence electrons. The first-order valence-electron chi connectivity index (χ1n) is 6.89. The zero-order valence-electron chi connectivity index (χ0n) is 12.9. The summed E-state index contributed by atoms with van der Waals surface area (Å²) in [7, 11) is 1.32. The van der Waals surface area contributed by atoms with E-state index in [1.807, 2.05) is 0 Å². The van der Waals surface area contributed by atoms with Crippen molar-refractivity contribution in [2.24, 2.45) is 0 Å². The highest BCUT2D eigenvalue weighted by Gasteiger charge is 2.13. The molecule has 0 aromatic heterocycles. The Morgan fingerprint density at radius 2 is 1.88 bits per heavy atom. The zero-order valence-corrected chi connectivity index (χ0v) is 14.4. The fourth-order valence-corrected chi connectivity index (χ4v) is 2.14. The molecule has 0 fully saturated rings. The van der Waals surface area contributed by atoms with Gasteiger partial charge in [0.1, 0.15) is 5.75 Å². The first kappa shape index (κ1) is 19.1. The van der Waals surface area contributed by atoms with Crippen LogP contribution in [0.2, 0.25) is 10.0 Å². The van der Waals surface area contributed by atoms with E-state index in [4.69, 9.17) is 32.7 Å². The van der Waals surface area contributed by atoms with Crippen LogP contribution >= 0.6 is 23.2 Å². The lowest BCUT2D eigenvalue weighted by Crippen LogP contribution is -2.20. The Balaban J connectivity index is 1.98. The summed E-state index contributed by atoms with van der Waals surface area (Å²) in [5.41, 5.74) is 0.249. The van der Waals surface area contributed by atoms with Crippen LogP contribution in [0.1, 0.15) is 0 Å². The van der Waals surface area contributed by atoms with Gasteiger partial charge in [0.15, 0.2) is 18.1 Å². The van der Waals surface area contributed by atoms with Crippen LogP contribution in [0, 0.1) is 0 Å².